The van der Waals surface area contributed by atoms with Crippen LogP contribution >= 0.6 is 11.6 Å². The summed E-state index contributed by atoms with van der Waals surface area (Å²) in [7, 11) is 0. The summed E-state index contributed by atoms with van der Waals surface area (Å²) in [5, 5.41) is 3.51. The summed E-state index contributed by atoms with van der Waals surface area (Å²) < 4.78 is 0. The van der Waals surface area contributed by atoms with Crippen molar-refractivity contribution in [1.82, 2.24) is 15.3 Å². The first-order chi connectivity index (χ1) is 11.7. The lowest BCUT2D eigenvalue weighted by atomic mass is 10.2. The van der Waals surface area contributed by atoms with Crippen LogP contribution in [0.15, 0.2) is 36.5 Å². The summed E-state index contributed by atoms with van der Waals surface area (Å²) in [5.74, 6) is 0.427. The molecule has 1 N–H and O–H groups in total. The lowest BCUT2D eigenvalue weighted by molar-refractivity contribution is 0.0946. The molecule has 0 spiro atoms. The molecule has 0 saturated carbocycles. The maximum atomic E-state index is 12.4. The highest BCUT2D eigenvalue weighted by atomic mass is 35.5. The monoisotopic (exact) mass is 344 g/mol. The van der Waals surface area contributed by atoms with E-state index in [1.165, 1.54) is 12.8 Å². The number of halogens is 1. The molecular weight excluding hydrogens is 324 g/mol. The van der Waals surface area contributed by atoms with Crippen LogP contribution in [0.1, 0.15) is 41.7 Å². The van der Waals surface area contributed by atoms with Crippen molar-refractivity contribution in [1.29, 1.82) is 0 Å². The Hall–Kier alpha value is -2.14. The molecule has 0 aliphatic carbocycles. The number of rotatable bonds is 4. The van der Waals surface area contributed by atoms with Crippen LogP contribution in [-0.2, 0) is 6.54 Å². The standard InChI is InChI=1S/C18H21ClN4O/c19-15-8-4-3-7-14(15)13-21-17(24)16-9-10-20-18(22-16)23-11-5-1-2-6-12-23/h3-4,7-10H,1-2,5-6,11-13H2,(H,21,24). The van der Waals surface area contributed by atoms with E-state index < -0.39 is 0 Å². The predicted molar refractivity (Wildman–Crippen MR) is 95.3 cm³/mol. The number of carbonyl (C=O) groups is 1. The van der Waals surface area contributed by atoms with E-state index in [4.69, 9.17) is 11.6 Å². The van der Waals surface area contributed by atoms with Gasteiger partial charge in [0.15, 0.2) is 0 Å². The number of hydrogen-bond acceptors (Lipinski definition) is 4. The van der Waals surface area contributed by atoms with Crippen LogP contribution in [-0.4, -0.2) is 29.0 Å². The second-order valence-electron chi connectivity index (χ2n) is 5.92. The smallest absolute Gasteiger partial charge is 0.270 e. The van der Waals surface area contributed by atoms with Crippen molar-refractivity contribution < 1.29 is 4.79 Å². The number of carbonyl (C=O) groups excluding carboxylic acids is 1. The van der Waals surface area contributed by atoms with Gasteiger partial charge in [-0.2, -0.15) is 0 Å². The molecule has 0 unspecified atom stereocenters. The summed E-state index contributed by atoms with van der Waals surface area (Å²) >= 11 is 6.11. The van der Waals surface area contributed by atoms with Gasteiger partial charge in [0.2, 0.25) is 5.95 Å². The highest BCUT2D eigenvalue weighted by molar-refractivity contribution is 6.31. The van der Waals surface area contributed by atoms with Crippen molar-refractivity contribution in [2.45, 2.75) is 32.2 Å². The molecular formula is C18H21ClN4O. The minimum atomic E-state index is -0.214. The summed E-state index contributed by atoms with van der Waals surface area (Å²) in [6.07, 6.45) is 6.43. The topological polar surface area (TPSA) is 58.1 Å². The number of nitrogens with zero attached hydrogens (tertiary/aromatic N) is 3. The molecule has 0 bridgehead atoms. The van der Waals surface area contributed by atoms with Gasteiger partial charge >= 0.3 is 0 Å². The second-order valence-corrected chi connectivity index (χ2v) is 6.32. The molecule has 1 amide bonds. The first-order valence-electron chi connectivity index (χ1n) is 8.33. The molecule has 126 valence electrons. The molecule has 1 aliphatic heterocycles. The van der Waals surface area contributed by atoms with E-state index in [-0.39, 0.29) is 5.91 Å². The van der Waals surface area contributed by atoms with Crippen LogP contribution in [0, 0.1) is 0 Å². The fourth-order valence-corrected chi connectivity index (χ4v) is 3.01. The molecule has 24 heavy (non-hydrogen) atoms. The zero-order valence-electron chi connectivity index (χ0n) is 13.5. The largest absolute Gasteiger partial charge is 0.347 e. The fourth-order valence-electron chi connectivity index (χ4n) is 2.81. The minimum absolute atomic E-state index is 0.214. The molecule has 6 heteroatoms. The molecule has 0 atom stereocenters. The van der Waals surface area contributed by atoms with Gasteiger partial charge in [0, 0.05) is 30.9 Å². The maximum absolute atomic E-state index is 12.4. The van der Waals surface area contributed by atoms with Crippen LogP contribution in [0.4, 0.5) is 5.95 Å². The Bertz CT molecular complexity index is 699. The molecule has 1 aromatic heterocycles. The number of hydrogen-bond donors (Lipinski definition) is 1. The third kappa shape index (κ3) is 4.23. The zero-order valence-corrected chi connectivity index (χ0v) is 14.3. The first-order valence-corrected chi connectivity index (χ1v) is 8.71. The van der Waals surface area contributed by atoms with Gasteiger partial charge in [0.05, 0.1) is 0 Å². The van der Waals surface area contributed by atoms with Crippen LogP contribution in [0.3, 0.4) is 0 Å². The molecule has 1 fully saturated rings. The van der Waals surface area contributed by atoms with E-state index >= 15 is 0 Å². The van der Waals surface area contributed by atoms with Gasteiger partial charge in [-0.05, 0) is 30.5 Å². The Morgan fingerprint density at radius 3 is 2.62 bits per heavy atom. The second kappa shape index (κ2) is 8.11. The van der Waals surface area contributed by atoms with Crippen molar-refractivity contribution in [3.8, 4) is 0 Å². The Morgan fingerprint density at radius 2 is 1.88 bits per heavy atom. The quantitative estimate of drug-likeness (QED) is 0.923. The highest BCUT2D eigenvalue weighted by Gasteiger charge is 2.15. The summed E-state index contributed by atoms with van der Waals surface area (Å²) in [6.45, 7) is 2.27. The maximum Gasteiger partial charge on any atom is 0.270 e. The Morgan fingerprint density at radius 1 is 1.12 bits per heavy atom. The van der Waals surface area contributed by atoms with Crippen molar-refractivity contribution in [3.63, 3.8) is 0 Å². The van der Waals surface area contributed by atoms with Crippen LogP contribution in [0.2, 0.25) is 5.02 Å². The Balaban J connectivity index is 1.66. The van der Waals surface area contributed by atoms with Gasteiger partial charge in [0.25, 0.3) is 5.91 Å². The molecule has 1 aromatic carbocycles. The average Bonchev–Trinajstić information content (AvgIpc) is 2.90. The van der Waals surface area contributed by atoms with E-state index in [9.17, 15) is 4.79 Å². The van der Waals surface area contributed by atoms with Gasteiger partial charge in [-0.3, -0.25) is 4.79 Å². The zero-order chi connectivity index (χ0) is 16.8. The number of amides is 1. The molecule has 2 aromatic rings. The van der Waals surface area contributed by atoms with Crippen molar-refractivity contribution in [2.75, 3.05) is 18.0 Å². The molecule has 1 saturated heterocycles. The van der Waals surface area contributed by atoms with Gasteiger partial charge in [-0.25, -0.2) is 9.97 Å². The number of benzene rings is 1. The van der Waals surface area contributed by atoms with Crippen molar-refractivity contribution >= 4 is 23.5 Å². The third-order valence-corrected chi connectivity index (χ3v) is 4.53. The number of aromatic nitrogens is 2. The third-order valence-electron chi connectivity index (χ3n) is 4.16. The van der Waals surface area contributed by atoms with Crippen LogP contribution in [0.5, 0.6) is 0 Å². The Labute approximate surface area is 147 Å². The van der Waals surface area contributed by atoms with Crippen molar-refractivity contribution in [2.24, 2.45) is 0 Å². The summed E-state index contributed by atoms with van der Waals surface area (Å²) in [4.78, 5) is 23.3. The van der Waals surface area contributed by atoms with Crippen LogP contribution in [0.25, 0.3) is 0 Å². The predicted octanol–water partition coefficient (Wildman–Crippen LogP) is 3.44. The summed E-state index contributed by atoms with van der Waals surface area (Å²) in [6, 6.07) is 9.11. The minimum Gasteiger partial charge on any atom is -0.347 e. The van der Waals surface area contributed by atoms with E-state index in [2.05, 4.69) is 20.2 Å². The molecule has 0 radical (unpaired) electrons. The Kier molecular flexibility index (Phi) is 5.64. The van der Waals surface area contributed by atoms with Gasteiger partial charge < -0.3 is 10.2 Å². The first kappa shape index (κ1) is 16.7. The number of nitrogens with one attached hydrogen (secondary N) is 1. The normalized spacial score (nSPS) is 15.0. The summed E-state index contributed by atoms with van der Waals surface area (Å²) in [5.41, 5.74) is 1.27. The van der Waals surface area contributed by atoms with Gasteiger partial charge in [-0.15, -0.1) is 0 Å². The SMILES string of the molecule is O=C(NCc1ccccc1Cl)c1ccnc(N2CCCCCC2)n1. The van der Waals surface area contributed by atoms with E-state index in [1.807, 2.05) is 24.3 Å². The fraction of sp³-hybridized carbons (Fsp3) is 0.389. The van der Waals surface area contributed by atoms with Gasteiger partial charge in [0.1, 0.15) is 5.69 Å². The lowest BCUT2D eigenvalue weighted by Gasteiger charge is -2.20. The van der Waals surface area contributed by atoms with Crippen molar-refractivity contribution in [3.05, 3.63) is 52.8 Å². The molecule has 5 nitrogen and oxygen atoms in total. The van der Waals surface area contributed by atoms with Gasteiger partial charge in [-0.1, -0.05) is 42.6 Å². The highest BCUT2D eigenvalue weighted by Crippen LogP contribution is 2.16. The molecule has 1 aliphatic rings. The van der Waals surface area contributed by atoms with E-state index in [1.54, 1.807) is 12.3 Å². The van der Waals surface area contributed by atoms with Crippen LogP contribution < -0.4 is 10.2 Å². The lowest BCUT2D eigenvalue weighted by Crippen LogP contribution is -2.28. The van der Waals surface area contributed by atoms with E-state index in [0.29, 0.717) is 23.2 Å². The number of anilines is 1. The molecule has 2 heterocycles. The average molecular weight is 345 g/mol. The molecule has 3 rings (SSSR count). The van der Waals surface area contributed by atoms with E-state index in [0.717, 1.165) is 31.5 Å².